The number of carbonyl (C=O) groups excluding carboxylic acids is 1. The molecule has 4 nitrogen and oxygen atoms in total. The summed E-state index contributed by atoms with van der Waals surface area (Å²) in [6.07, 6.45) is 2.20. The van der Waals surface area contributed by atoms with Gasteiger partial charge in [0.15, 0.2) is 5.78 Å². The van der Waals surface area contributed by atoms with Crippen LogP contribution >= 0.6 is 0 Å². The molecule has 4 heteroatoms. The summed E-state index contributed by atoms with van der Waals surface area (Å²) < 4.78 is 0. The molecule has 0 aromatic heterocycles. The monoisotopic (exact) mass is 154 g/mol. The van der Waals surface area contributed by atoms with Gasteiger partial charge in [-0.3, -0.25) is 4.79 Å². The fourth-order valence-corrected chi connectivity index (χ4v) is 0.938. The van der Waals surface area contributed by atoms with Gasteiger partial charge in [-0.25, -0.2) is 0 Å². The van der Waals surface area contributed by atoms with E-state index in [4.69, 9.17) is 5.11 Å². The molecule has 0 amide bonds. The van der Waals surface area contributed by atoms with E-state index < -0.39 is 0 Å². The minimum Gasteiger partial charge on any atom is -0.511 e. The number of nitrogens with one attached hydrogen (secondary N) is 1. The van der Waals surface area contributed by atoms with E-state index in [9.17, 15) is 4.79 Å². The van der Waals surface area contributed by atoms with E-state index in [1.54, 1.807) is 7.05 Å². The lowest BCUT2D eigenvalue weighted by Crippen LogP contribution is -2.01. The Morgan fingerprint density at radius 1 is 1.64 bits per heavy atom. The summed E-state index contributed by atoms with van der Waals surface area (Å²) >= 11 is 0. The molecule has 0 spiro atoms. The SMILES string of the molecule is CN/N=C/C1=C(O)CCC1=O. The normalized spacial score (nSPS) is 18.5. The molecule has 0 bridgehead atoms. The van der Waals surface area contributed by atoms with Crippen molar-refractivity contribution >= 4 is 12.0 Å². The first kappa shape index (κ1) is 7.78. The molecule has 0 radical (unpaired) electrons. The van der Waals surface area contributed by atoms with Gasteiger partial charge < -0.3 is 10.5 Å². The topological polar surface area (TPSA) is 61.7 Å². The molecule has 0 aromatic carbocycles. The number of Topliss-reactive ketones (excluding diaryl/α,β-unsaturated/α-hetero) is 1. The second-order valence-electron chi connectivity index (χ2n) is 2.27. The van der Waals surface area contributed by atoms with Crippen LogP contribution in [-0.2, 0) is 4.79 Å². The van der Waals surface area contributed by atoms with Gasteiger partial charge >= 0.3 is 0 Å². The maximum absolute atomic E-state index is 11.0. The summed E-state index contributed by atoms with van der Waals surface area (Å²) in [5.41, 5.74) is 2.84. The Balaban J connectivity index is 2.75. The number of ketones is 1. The predicted octanol–water partition coefficient (Wildman–Crippen LogP) is 0.367. The minimum atomic E-state index is -0.0403. The molecular formula is C7H10N2O2. The Morgan fingerprint density at radius 3 is 2.82 bits per heavy atom. The molecule has 11 heavy (non-hydrogen) atoms. The Bertz CT molecular complexity index is 231. The number of hydrogen-bond acceptors (Lipinski definition) is 4. The molecule has 0 fully saturated rings. The van der Waals surface area contributed by atoms with Crippen molar-refractivity contribution in [1.29, 1.82) is 0 Å². The van der Waals surface area contributed by atoms with Gasteiger partial charge in [-0.1, -0.05) is 0 Å². The summed E-state index contributed by atoms with van der Waals surface area (Å²) in [5, 5.41) is 12.8. The zero-order valence-electron chi connectivity index (χ0n) is 6.29. The van der Waals surface area contributed by atoms with E-state index in [0.717, 1.165) is 0 Å². The summed E-state index contributed by atoms with van der Waals surface area (Å²) in [7, 11) is 1.63. The number of carbonyl (C=O) groups is 1. The molecule has 1 aliphatic carbocycles. The van der Waals surface area contributed by atoms with Crippen LogP contribution in [0.25, 0.3) is 0 Å². The highest BCUT2D eigenvalue weighted by atomic mass is 16.3. The first-order valence-electron chi connectivity index (χ1n) is 3.41. The Morgan fingerprint density at radius 2 is 2.36 bits per heavy atom. The predicted molar refractivity (Wildman–Crippen MR) is 41.4 cm³/mol. The van der Waals surface area contributed by atoms with E-state index in [1.165, 1.54) is 6.21 Å². The zero-order valence-corrected chi connectivity index (χ0v) is 6.29. The lowest BCUT2D eigenvalue weighted by atomic mass is 10.2. The molecule has 0 heterocycles. The van der Waals surface area contributed by atoms with Crippen molar-refractivity contribution < 1.29 is 9.90 Å². The van der Waals surface area contributed by atoms with Crippen LogP contribution in [-0.4, -0.2) is 24.2 Å². The van der Waals surface area contributed by atoms with Crippen LogP contribution in [0.15, 0.2) is 16.4 Å². The standard InChI is InChI=1S/C7H10N2O2/c1-8-9-4-5-6(10)2-3-7(5)11/h4,8,10H,2-3H2,1H3/b9-4+. The Kier molecular flexibility index (Phi) is 2.25. The average molecular weight is 154 g/mol. The van der Waals surface area contributed by atoms with Crippen LogP contribution < -0.4 is 5.43 Å². The van der Waals surface area contributed by atoms with Crippen LogP contribution in [0, 0.1) is 0 Å². The van der Waals surface area contributed by atoms with Crippen LogP contribution in [0.4, 0.5) is 0 Å². The van der Waals surface area contributed by atoms with E-state index >= 15 is 0 Å². The number of allylic oxidation sites excluding steroid dienone is 2. The Labute approximate surface area is 64.6 Å². The summed E-state index contributed by atoms with van der Waals surface area (Å²) in [6, 6.07) is 0. The second-order valence-corrected chi connectivity index (χ2v) is 2.27. The fourth-order valence-electron chi connectivity index (χ4n) is 0.938. The molecule has 2 N–H and O–H groups in total. The molecule has 60 valence electrons. The molecule has 0 unspecified atom stereocenters. The average Bonchev–Trinajstić information content (AvgIpc) is 2.29. The smallest absolute Gasteiger partial charge is 0.168 e. The third kappa shape index (κ3) is 1.58. The van der Waals surface area contributed by atoms with Gasteiger partial charge in [0.2, 0.25) is 0 Å². The van der Waals surface area contributed by atoms with Crippen LogP contribution in [0.1, 0.15) is 12.8 Å². The second kappa shape index (κ2) is 3.18. The van der Waals surface area contributed by atoms with Crippen molar-refractivity contribution in [3.63, 3.8) is 0 Å². The van der Waals surface area contributed by atoms with Gasteiger partial charge in [-0.2, -0.15) is 5.10 Å². The van der Waals surface area contributed by atoms with Gasteiger partial charge in [0, 0.05) is 19.9 Å². The highest BCUT2D eigenvalue weighted by molar-refractivity contribution is 6.15. The van der Waals surface area contributed by atoms with Gasteiger partial charge in [0.1, 0.15) is 5.76 Å². The molecule has 0 atom stereocenters. The fraction of sp³-hybridized carbons (Fsp3) is 0.429. The summed E-state index contributed by atoms with van der Waals surface area (Å²) in [4.78, 5) is 11.0. The largest absolute Gasteiger partial charge is 0.511 e. The van der Waals surface area contributed by atoms with Crippen molar-refractivity contribution in [3.8, 4) is 0 Å². The third-order valence-electron chi connectivity index (χ3n) is 1.52. The van der Waals surface area contributed by atoms with Crippen LogP contribution in [0.3, 0.4) is 0 Å². The molecule has 0 saturated carbocycles. The van der Waals surface area contributed by atoms with E-state index in [2.05, 4.69) is 10.5 Å². The Hall–Kier alpha value is -1.32. The van der Waals surface area contributed by atoms with E-state index in [1.807, 2.05) is 0 Å². The van der Waals surface area contributed by atoms with Crippen molar-refractivity contribution in [3.05, 3.63) is 11.3 Å². The van der Waals surface area contributed by atoms with Crippen LogP contribution in [0.5, 0.6) is 0 Å². The number of aliphatic hydroxyl groups is 1. The van der Waals surface area contributed by atoms with Crippen molar-refractivity contribution in [2.75, 3.05) is 7.05 Å². The highest BCUT2D eigenvalue weighted by Gasteiger charge is 2.20. The van der Waals surface area contributed by atoms with Gasteiger partial charge in [-0.15, -0.1) is 0 Å². The van der Waals surface area contributed by atoms with Gasteiger partial charge in [-0.05, 0) is 0 Å². The molecule has 1 rings (SSSR count). The van der Waals surface area contributed by atoms with Crippen molar-refractivity contribution in [2.24, 2.45) is 5.10 Å². The number of aliphatic hydroxyl groups excluding tert-OH is 1. The highest BCUT2D eigenvalue weighted by Crippen LogP contribution is 2.18. The first-order valence-corrected chi connectivity index (χ1v) is 3.41. The van der Waals surface area contributed by atoms with Crippen LogP contribution in [0.2, 0.25) is 0 Å². The maximum atomic E-state index is 11.0. The third-order valence-corrected chi connectivity index (χ3v) is 1.52. The van der Waals surface area contributed by atoms with Crippen molar-refractivity contribution in [2.45, 2.75) is 12.8 Å². The zero-order chi connectivity index (χ0) is 8.27. The first-order chi connectivity index (χ1) is 5.25. The maximum Gasteiger partial charge on any atom is 0.168 e. The summed E-state index contributed by atoms with van der Waals surface area (Å²) in [6.45, 7) is 0. The van der Waals surface area contributed by atoms with Crippen molar-refractivity contribution in [1.82, 2.24) is 5.43 Å². The molecule has 0 aromatic rings. The molecule has 0 aliphatic heterocycles. The number of rotatable bonds is 2. The lowest BCUT2D eigenvalue weighted by Gasteiger charge is -1.91. The number of hydrazone groups is 1. The quantitative estimate of drug-likeness (QED) is 0.446. The minimum absolute atomic E-state index is 0.0403. The number of nitrogens with zero attached hydrogens (tertiary/aromatic N) is 1. The lowest BCUT2D eigenvalue weighted by molar-refractivity contribution is -0.114. The van der Waals surface area contributed by atoms with Gasteiger partial charge in [0.05, 0.1) is 11.8 Å². The van der Waals surface area contributed by atoms with E-state index in [0.29, 0.717) is 18.4 Å². The molecular weight excluding hydrogens is 144 g/mol. The molecule has 0 saturated heterocycles. The molecule has 1 aliphatic rings. The number of hydrogen-bond donors (Lipinski definition) is 2. The van der Waals surface area contributed by atoms with Gasteiger partial charge in [0.25, 0.3) is 0 Å². The summed E-state index contributed by atoms with van der Waals surface area (Å²) in [5.74, 6) is 0.107. The van der Waals surface area contributed by atoms with E-state index in [-0.39, 0.29) is 11.5 Å².